The van der Waals surface area contributed by atoms with E-state index >= 15 is 0 Å². The second-order valence-electron chi connectivity index (χ2n) is 4.88. The van der Waals surface area contributed by atoms with E-state index in [0.717, 1.165) is 5.69 Å². The van der Waals surface area contributed by atoms with Crippen molar-refractivity contribution in [1.82, 2.24) is 19.7 Å². The number of nitrogens with zero attached hydrogens (tertiary/aromatic N) is 4. The zero-order chi connectivity index (χ0) is 16.8. The Labute approximate surface area is 143 Å². The fourth-order valence-electron chi connectivity index (χ4n) is 1.93. The average molecular weight is 344 g/mol. The molecule has 0 bridgehead atoms. The summed E-state index contributed by atoms with van der Waals surface area (Å²) in [4.78, 5) is 20.1. The molecule has 3 aromatic rings. The number of rotatable bonds is 6. The normalized spacial score (nSPS) is 10.4. The van der Waals surface area contributed by atoms with E-state index in [2.05, 4.69) is 20.4 Å². The van der Waals surface area contributed by atoms with Crippen molar-refractivity contribution < 1.29 is 9.53 Å². The molecule has 3 rings (SSSR count). The molecule has 24 heavy (non-hydrogen) atoms. The van der Waals surface area contributed by atoms with Gasteiger partial charge in [0, 0.05) is 11.2 Å². The van der Waals surface area contributed by atoms with Crippen LogP contribution in [0, 0.1) is 0 Å². The smallest absolute Gasteiger partial charge is 0.264 e. The molecule has 1 amide bonds. The minimum absolute atomic E-state index is 0.142. The summed E-state index contributed by atoms with van der Waals surface area (Å²) in [6.07, 6.45) is 3.24. The quantitative estimate of drug-likeness (QED) is 0.743. The Morgan fingerprint density at radius 3 is 2.75 bits per heavy atom. The van der Waals surface area contributed by atoms with Gasteiger partial charge in [-0.3, -0.25) is 15.1 Å². The number of benzene rings is 1. The second-order valence-corrected chi connectivity index (χ2v) is 5.31. The molecule has 1 N–H and O–H groups in total. The number of carbonyl (C=O) groups excluding carboxylic acids is 1. The Morgan fingerprint density at radius 2 is 2.00 bits per heavy atom. The first-order chi connectivity index (χ1) is 11.7. The number of hydrogen-bond donors (Lipinski definition) is 1. The summed E-state index contributed by atoms with van der Waals surface area (Å²) in [6, 6.07) is 12.4. The van der Waals surface area contributed by atoms with Gasteiger partial charge in [-0.25, -0.2) is 9.67 Å². The lowest BCUT2D eigenvalue weighted by molar-refractivity contribution is -0.118. The van der Waals surface area contributed by atoms with Crippen molar-refractivity contribution in [2.45, 2.75) is 6.54 Å². The Hall–Kier alpha value is -2.93. The van der Waals surface area contributed by atoms with Crippen LogP contribution < -0.4 is 10.1 Å². The van der Waals surface area contributed by atoms with E-state index in [-0.39, 0.29) is 18.5 Å². The van der Waals surface area contributed by atoms with Crippen LogP contribution in [0.2, 0.25) is 5.02 Å². The molecule has 0 saturated carbocycles. The molecule has 0 radical (unpaired) electrons. The Bertz CT molecular complexity index is 805. The number of pyridine rings is 1. The third-order valence-electron chi connectivity index (χ3n) is 3.02. The van der Waals surface area contributed by atoms with Gasteiger partial charge in [0.25, 0.3) is 5.91 Å². The maximum atomic E-state index is 11.9. The van der Waals surface area contributed by atoms with Gasteiger partial charge in [0.05, 0.1) is 12.2 Å². The first-order valence-electron chi connectivity index (χ1n) is 7.16. The van der Waals surface area contributed by atoms with Crippen LogP contribution in [-0.4, -0.2) is 32.3 Å². The van der Waals surface area contributed by atoms with Crippen LogP contribution in [0.1, 0.15) is 5.69 Å². The van der Waals surface area contributed by atoms with E-state index in [1.54, 1.807) is 35.1 Å². The van der Waals surface area contributed by atoms with Crippen LogP contribution in [0.4, 0.5) is 5.95 Å². The molecule has 122 valence electrons. The molecule has 2 heterocycles. The summed E-state index contributed by atoms with van der Waals surface area (Å²) >= 11 is 5.78. The molecular weight excluding hydrogens is 330 g/mol. The molecule has 1 aromatic carbocycles. The zero-order valence-electron chi connectivity index (χ0n) is 12.6. The number of anilines is 1. The van der Waals surface area contributed by atoms with E-state index in [4.69, 9.17) is 16.3 Å². The summed E-state index contributed by atoms with van der Waals surface area (Å²) in [5.74, 6) is 0.430. The second kappa shape index (κ2) is 7.56. The molecule has 0 saturated heterocycles. The summed E-state index contributed by atoms with van der Waals surface area (Å²) in [5.41, 5.74) is 0.853. The van der Waals surface area contributed by atoms with E-state index in [0.29, 0.717) is 17.3 Å². The highest BCUT2D eigenvalue weighted by Gasteiger charge is 2.08. The van der Waals surface area contributed by atoms with E-state index < -0.39 is 0 Å². The molecule has 0 aliphatic rings. The maximum absolute atomic E-state index is 11.9. The van der Waals surface area contributed by atoms with Crippen LogP contribution in [-0.2, 0) is 11.3 Å². The van der Waals surface area contributed by atoms with Gasteiger partial charge in [-0.1, -0.05) is 17.7 Å². The molecule has 0 fully saturated rings. The molecule has 2 aromatic heterocycles. The summed E-state index contributed by atoms with van der Waals surface area (Å²) in [7, 11) is 0. The minimum Gasteiger partial charge on any atom is -0.484 e. The number of ether oxygens (including phenoxy) is 1. The van der Waals surface area contributed by atoms with E-state index in [1.165, 1.54) is 6.33 Å². The molecule has 0 aliphatic heterocycles. The zero-order valence-corrected chi connectivity index (χ0v) is 13.3. The molecule has 0 atom stereocenters. The largest absolute Gasteiger partial charge is 0.484 e. The van der Waals surface area contributed by atoms with Crippen molar-refractivity contribution in [2.75, 3.05) is 11.9 Å². The Kier molecular flexibility index (Phi) is 5.02. The van der Waals surface area contributed by atoms with Crippen LogP contribution in [0.3, 0.4) is 0 Å². The predicted octanol–water partition coefficient (Wildman–Crippen LogP) is 2.39. The van der Waals surface area contributed by atoms with Gasteiger partial charge < -0.3 is 4.74 Å². The average Bonchev–Trinajstić information content (AvgIpc) is 3.02. The van der Waals surface area contributed by atoms with Crippen molar-refractivity contribution in [2.24, 2.45) is 0 Å². The molecule has 8 heteroatoms. The highest BCUT2D eigenvalue weighted by atomic mass is 35.5. The third-order valence-corrected chi connectivity index (χ3v) is 3.27. The Morgan fingerprint density at radius 1 is 1.17 bits per heavy atom. The fourth-order valence-corrected chi connectivity index (χ4v) is 2.05. The van der Waals surface area contributed by atoms with Gasteiger partial charge in [0.1, 0.15) is 12.1 Å². The van der Waals surface area contributed by atoms with Crippen molar-refractivity contribution in [3.05, 3.63) is 65.7 Å². The first kappa shape index (κ1) is 15.9. The highest BCUT2D eigenvalue weighted by molar-refractivity contribution is 6.30. The third kappa shape index (κ3) is 4.53. The van der Waals surface area contributed by atoms with Crippen molar-refractivity contribution in [1.29, 1.82) is 0 Å². The van der Waals surface area contributed by atoms with Crippen molar-refractivity contribution >= 4 is 23.5 Å². The number of hydrogen-bond acceptors (Lipinski definition) is 5. The van der Waals surface area contributed by atoms with Gasteiger partial charge in [0.15, 0.2) is 6.61 Å². The lowest BCUT2D eigenvalue weighted by Crippen LogP contribution is -2.21. The van der Waals surface area contributed by atoms with Gasteiger partial charge in [-0.2, -0.15) is 0 Å². The Balaban J connectivity index is 1.50. The van der Waals surface area contributed by atoms with Crippen LogP contribution in [0.15, 0.2) is 55.0 Å². The summed E-state index contributed by atoms with van der Waals surface area (Å²) in [6.45, 7) is 0.335. The molecule has 0 unspecified atom stereocenters. The number of amides is 1. The minimum atomic E-state index is -0.347. The fraction of sp³-hybridized carbons (Fsp3) is 0.125. The van der Waals surface area contributed by atoms with E-state index in [9.17, 15) is 4.79 Å². The topological polar surface area (TPSA) is 81.9 Å². The van der Waals surface area contributed by atoms with Gasteiger partial charge in [0.2, 0.25) is 5.95 Å². The van der Waals surface area contributed by atoms with E-state index in [1.807, 2.05) is 18.2 Å². The highest BCUT2D eigenvalue weighted by Crippen LogP contribution is 2.15. The molecular formula is C16H14ClN5O2. The summed E-state index contributed by atoms with van der Waals surface area (Å²) in [5, 5.41) is 7.35. The maximum Gasteiger partial charge on any atom is 0.264 e. The lowest BCUT2D eigenvalue weighted by atomic mass is 10.3. The molecule has 0 spiro atoms. The lowest BCUT2D eigenvalue weighted by Gasteiger charge is -2.05. The van der Waals surface area contributed by atoms with Crippen molar-refractivity contribution in [3.63, 3.8) is 0 Å². The van der Waals surface area contributed by atoms with Crippen LogP contribution in [0.5, 0.6) is 5.75 Å². The van der Waals surface area contributed by atoms with Gasteiger partial charge >= 0.3 is 0 Å². The number of halogens is 1. The van der Waals surface area contributed by atoms with Crippen LogP contribution >= 0.6 is 11.6 Å². The SMILES string of the molecule is O=C(COc1ccc(Cl)cc1)Nc1ncn(Cc2ccccn2)n1. The molecule has 7 nitrogen and oxygen atoms in total. The first-order valence-corrected chi connectivity index (χ1v) is 7.54. The van der Waals surface area contributed by atoms with Crippen LogP contribution in [0.25, 0.3) is 0 Å². The van der Waals surface area contributed by atoms with Crippen molar-refractivity contribution in [3.8, 4) is 5.75 Å². The number of carbonyl (C=O) groups is 1. The number of nitrogens with one attached hydrogen (secondary N) is 1. The molecule has 0 aliphatic carbocycles. The standard InChI is InChI=1S/C16H14ClN5O2/c17-12-4-6-14(7-5-12)24-10-15(23)20-16-19-11-22(21-16)9-13-3-1-2-8-18-13/h1-8,11H,9-10H2,(H,20,21,23). The van der Waals surface area contributed by atoms with Gasteiger partial charge in [-0.05, 0) is 36.4 Å². The predicted molar refractivity (Wildman–Crippen MR) is 88.9 cm³/mol. The number of aromatic nitrogens is 4. The summed E-state index contributed by atoms with van der Waals surface area (Å²) < 4.78 is 6.95. The monoisotopic (exact) mass is 343 g/mol. The van der Waals surface area contributed by atoms with Gasteiger partial charge in [-0.15, -0.1) is 5.10 Å².